The molecule has 1 aliphatic heterocycles. The first-order chi connectivity index (χ1) is 41.5. The highest BCUT2D eigenvalue weighted by Gasteiger charge is 2.46. The van der Waals surface area contributed by atoms with E-state index >= 15 is 14.4 Å². The molecule has 0 aromatic heterocycles. The monoisotopic (exact) mass is 1270 g/mol. The normalized spacial score (nSPS) is 26.2. The molecule has 1 heterocycles. The minimum Gasteiger partial charge on any atom is -0.390 e. The van der Waals surface area contributed by atoms with Gasteiger partial charge in [0.25, 0.3) is 5.91 Å². The maximum atomic E-state index is 15.2. The molecule has 12 atom stereocenters. The number of hydrogen-bond acceptors (Lipinski definition) is 13. The molecule has 0 radical (unpaired) electrons. The number of ether oxygens (including phenoxy) is 1. The van der Waals surface area contributed by atoms with Crippen LogP contribution in [0, 0.1) is 35.5 Å². The molecule has 0 spiro atoms. The van der Waals surface area contributed by atoms with Crippen LogP contribution in [0.2, 0.25) is 0 Å². The number of carbonyl (C=O) groups excluding carboxylic acids is 11. The van der Waals surface area contributed by atoms with Crippen LogP contribution in [0.4, 0.5) is 0 Å². The Balaban J connectivity index is 4.46. The van der Waals surface area contributed by atoms with E-state index in [0.717, 1.165) is 14.7 Å². The van der Waals surface area contributed by atoms with Gasteiger partial charge in [-0.15, -0.1) is 6.58 Å². The number of rotatable bonds is 18. The first-order valence-corrected chi connectivity index (χ1v) is 31.8. The lowest BCUT2D eigenvalue weighted by Gasteiger charge is -2.41. The Morgan fingerprint density at radius 3 is 1.47 bits per heavy atom. The summed E-state index contributed by atoms with van der Waals surface area (Å²) in [7, 11) is 9.65. The number of aliphatic hydroxyl groups excluding tert-OH is 1. The summed E-state index contributed by atoms with van der Waals surface area (Å²) in [4.78, 5) is 170. The predicted octanol–water partition coefficient (Wildman–Crippen LogP) is 4.11. The van der Waals surface area contributed by atoms with Crippen LogP contribution >= 0.6 is 0 Å². The molecule has 0 aromatic rings. The Morgan fingerprint density at radius 1 is 0.544 bits per heavy atom. The fourth-order valence-electron chi connectivity index (χ4n) is 11.0. The Hall–Kier alpha value is -6.69. The molecule has 1 aliphatic rings. The molecule has 1 fully saturated rings. The summed E-state index contributed by atoms with van der Waals surface area (Å²) in [5.41, 5.74) is -1.52. The average Bonchev–Trinajstić information content (AvgIpc) is 0.948. The Morgan fingerprint density at radius 2 is 1.00 bits per heavy atom. The number of amides is 11. The van der Waals surface area contributed by atoms with Crippen molar-refractivity contribution in [3.63, 3.8) is 0 Å². The number of nitrogens with one attached hydrogen (secondary N) is 4. The molecule has 0 unspecified atom stereocenters. The van der Waals surface area contributed by atoms with Crippen LogP contribution in [-0.2, 0) is 57.5 Å². The van der Waals surface area contributed by atoms with E-state index in [-0.39, 0.29) is 62.9 Å². The van der Waals surface area contributed by atoms with Gasteiger partial charge in [-0.25, -0.2) is 0 Å². The third-order valence-electron chi connectivity index (χ3n) is 16.8. The third kappa shape index (κ3) is 22.3. The number of aliphatic hydroxyl groups is 1. The average molecular weight is 1270 g/mol. The molecule has 0 bridgehead atoms. The van der Waals surface area contributed by atoms with E-state index in [1.807, 2.05) is 41.5 Å². The molecule has 0 aromatic carbocycles. The van der Waals surface area contributed by atoms with Crippen molar-refractivity contribution in [1.29, 1.82) is 0 Å². The zero-order valence-electron chi connectivity index (χ0n) is 58.9. The van der Waals surface area contributed by atoms with Crippen molar-refractivity contribution in [3.8, 4) is 0 Å². The Bertz CT molecular complexity index is 2550. The zero-order chi connectivity index (χ0) is 69.9. The SMILES string of the molecule is C=CCOC(C)(C)C[C@H]1C(=O)N[C@@H](C(C)C)C(=O)N(C)[C@@H](CC(C)C)C(=O)N[C@@H](C)C(=O)N[C@H](C)C(=O)N(C)[C@@H](CC(C)C)C(=O)N(C)[C@@H](CC(C)C)C(=O)N(C)[C@@H](C(C)C)C(=O)N(C)[C@@H]([C@H](O)[C@H](C)CC=CC)C(=O)N[C@@H](CC)C(=O)N(C)C(=C)C(=O)N1C. The number of nitrogens with zero attached hydrogens (tertiary/aromatic N) is 7. The lowest BCUT2D eigenvalue weighted by molar-refractivity contribution is -0.157. The first kappa shape index (κ1) is 81.3. The van der Waals surface area contributed by atoms with E-state index in [9.17, 15) is 43.5 Å². The smallest absolute Gasteiger partial charge is 0.270 e. The van der Waals surface area contributed by atoms with Gasteiger partial charge in [-0.2, -0.15) is 0 Å². The lowest BCUT2D eigenvalue weighted by Crippen LogP contribution is -2.63. The molecule has 24 nitrogen and oxygen atoms in total. The van der Waals surface area contributed by atoms with E-state index in [0.29, 0.717) is 0 Å². The third-order valence-corrected chi connectivity index (χ3v) is 16.8. The van der Waals surface area contributed by atoms with Crippen LogP contribution in [0.3, 0.4) is 0 Å². The summed E-state index contributed by atoms with van der Waals surface area (Å²) >= 11 is 0. The molecule has 11 amide bonds. The second-order valence-electron chi connectivity index (χ2n) is 27.1. The highest BCUT2D eigenvalue weighted by atomic mass is 16.5. The van der Waals surface area contributed by atoms with Crippen LogP contribution in [-0.4, -0.2) is 232 Å². The molecule has 1 rings (SSSR count). The molecule has 5 N–H and O–H groups in total. The van der Waals surface area contributed by atoms with Crippen LogP contribution < -0.4 is 21.3 Å². The Labute approximate surface area is 538 Å². The zero-order valence-corrected chi connectivity index (χ0v) is 58.9. The van der Waals surface area contributed by atoms with Crippen molar-refractivity contribution in [2.45, 2.75) is 228 Å². The van der Waals surface area contributed by atoms with E-state index < -0.39 is 161 Å². The fourth-order valence-corrected chi connectivity index (χ4v) is 11.0. The minimum atomic E-state index is -1.66. The fraction of sp³-hybridized carbons (Fsp3) is 0.742. The van der Waals surface area contributed by atoms with Gasteiger partial charge in [0.1, 0.15) is 66.1 Å². The lowest BCUT2D eigenvalue weighted by atomic mass is 9.91. The van der Waals surface area contributed by atoms with Gasteiger partial charge in [-0.3, -0.25) is 52.7 Å². The topological polar surface area (TPSA) is 288 Å². The molecule has 1 saturated heterocycles. The Kier molecular flexibility index (Phi) is 32.9. The van der Waals surface area contributed by atoms with Gasteiger partial charge in [-0.05, 0) is 102 Å². The second kappa shape index (κ2) is 36.4. The van der Waals surface area contributed by atoms with Crippen LogP contribution in [0.5, 0.6) is 0 Å². The molecular formula is C66H115N11O13. The molecule has 512 valence electrons. The molecule has 24 heteroatoms. The second-order valence-corrected chi connectivity index (χ2v) is 27.1. The van der Waals surface area contributed by atoms with Gasteiger partial charge in [0, 0.05) is 55.8 Å². The van der Waals surface area contributed by atoms with Crippen molar-refractivity contribution in [1.82, 2.24) is 55.6 Å². The highest BCUT2D eigenvalue weighted by molar-refractivity contribution is 6.02. The summed E-state index contributed by atoms with van der Waals surface area (Å²) in [5.74, 6) is -10.5. The summed E-state index contributed by atoms with van der Waals surface area (Å²) in [6.07, 6.45) is 4.01. The van der Waals surface area contributed by atoms with Gasteiger partial charge in [-0.1, -0.05) is 108 Å². The summed E-state index contributed by atoms with van der Waals surface area (Å²) in [6, 6.07) is -13.0. The van der Waals surface area contributed by atoms with E-state index in [1.165, 1.54) is 88.9 Å². The van der Waals surface area contributed by atoms with Gasteiger partial charge in [0.15, 0.2) is 0 Å². The van der Waals surface area contributed by atoms with E-state index in [2.05, 4.69) is 34.4 Å². The summed E-state index contributed by atoms with van der Waals surface area (Å²) in [5, 5.41) is 23.1. The predicted molar refractivity (Wildman–Crippen MR) is 348 cm³/mol. The van der Waals surface area contributed by atoms with Gasteiger partial charge >= 0.3 is 0 Å². The van der Waals surface area contributed by atoms with Crippen LogP contribution in [0.15, 0.2) is 37.1 Å². The van der Waals surface area contributed by atoms with E-state index in [1.54, 1.807) is 74.5 Å². The molecule has 0 saturated carbocycles. The van der Waals surface area contributed by atoms with E-state index in [4.69, 9.17) is 4.74 Å². The maximum absolute atomic E-state index is 15.2. The van der Waals surface area contributed by atoms with Gasteiger partial charge in [0.05, 0.1) is 18.3 Å². The number of carbonyl (C=O) groups is 11. The summed E-state index contributed by atoms with van der Waals surface area (Å²) < 4.78 is 6.04. The molecule has 0 aliphatic carbocycles. The quantitative estimate of drug-likeness (QED) is 0.0956. The minimum absolute atomic E-state index is 0.0518. The largest absolute Gasteiger partial charge is 0.390 e. The highest BCUT2D eigenvalue weighted by Crippen LogP contribution is 2.27. The van der Waals surface area contributed by atoms with Crippen molar-refractivity contribution >= 4 is 65.0 Å². The van der Waals surface area contributed by atoms with Gasteiger partial charge < -0.3 is 65.4 Å². The van der Waals surface area contributed by atoms with Crippen molar-refractivity contribution in [2.24, 2.45) is 35.5 Å². The van der Waals surface area contributed by atoms with Crippen LogP contribution in [0.1, 0.15) is 156 Å². The van der Waals surface area contributed by atoms with Crippen molar-refractivity contribution < 1.29 is 62.6 Å². The number of allylic oxidation sites excluding steroid dienone is 2. The first-order valence-electron chi connectivity index (χ1n) is 31.8. The number of hydrogen-bond donors (Lipinski definition) is 5. The molecular weight excluding hydrogens is 1150 g/mol. The molecule has 90 heavy (non-hydrogen) atoms. The summed E-state index contributed by atoms with van der Waals surface area (Å²) in [6.45, 7) is 37.1. The standard InChI is InChI=1S/C66H115N11O13/c1-27-30-31-42(14)54(78)53-58(82)69-46(29-3)61(85)71(20)45(17)60(84)75(24)50(36-66(18,19)90-32-28-2)57(81)70-51(40(10)11)64(88)72(21)47(33-37(4)5)56(80)67-43(15)55(79)68-44(16)59(83)73(22)48(34-38(6)7)62(86)74(23)49(35-39(8)9)63(87)76(25)52(41(12)13)65(89)77(53)26/h27-28,30,37-44,46-54,78H,2,17,29,31-36H2,1,3-16,18-26H3,(H,67,80)(H,68,79)(H,69,82)(H,70,81)/t42-,43+,44-,46+,47+,48+,49+,50+,51+,52+,53+,54-/m1/s1. The number of likely N-dealkylation sites (N-methyl/N-ethyl adjacent to an activating group) is 7. The van der Waals surface area contributed by atoms with Crippen molar-refractivity contribution in [2.75, 3.05) is 55.9 Å². The van der Waals surface area contributed by atoms with Crippen molar-refractivity contribution in [3.05, 3.63) is 37.1 Å². The van der Waals surface area contributed by atoms with Crippen LogP contribution in [0.25, 0.3) is 0 Å². The maximum Gasteiger partial charge on any atom is 0.270 e. The van der Waals surface area contributed by atoms with Gasteiger partial charge in [0.2, 0.25) is 59.1 Å².